The molecule has 0 bridgehead atoms. The summed E-state index contributed by atoms with van der Waals surface area (Å²) in [5.41, 5.74) is 1.96. The van der Waals surface area contributed by atoms with E-state index in [-0.39, 0.29) is 29.7 Å². The summed E-state index contributed by atoms with van der Waals surface area (Å²) in [5.74, 6) is -0.471. The lowest BCUT2D eigenvalue weighted by atomic mass is 10.1. The Morgan fingerprint density at radius 2 is 1.70 bits per heavy atom. The summed E-state index contributed by atoms with van der Waals surface area (Å²) >= 11 is 1.28. The number of aromatic nitrogens is 4. The van der Waals surface area contributed by atoms with Gasteiger partial charge < -0.3 is 10.0 Å². The number of thioether (sulfide) groups is 1. The number of rotatable bonds is 7. The van der Waals surface area contributed by atoms with Gasteiger partial charge >= 0.3 is 5.97 Å². The molecule has 2 heterocycles. The van der Waals surface area contributed by atoms with Crippen molar-refractivity contribution in [1.29, 1.82) is 0 Å². The molecule has 0 radical (unpaired) electrons. The smallest absolute Gasteiger partial charge is 0.307 e. The largest absolute Gasteiger partial charge is 0.481 e. The number of carboxylic acid groups (broad SMARTS) is 1. The molecule has 0 saturated heterocycles. The van der Waals surface area contributed by atoms with Crippen molar-refractivity contribution in [3.63, 3.8) is 0 Å². The van der Waals surface area contributed by atoms with Crippen molar-refractivity contribution < 1.29 is 14.7 Å². The van der Waals surface area contributed by atoms with Crippen molar-refractivity contribution >= 4 is 29.4 Å². The molecule has 0 fully saturated rings. The first-order chi connectivity index (χ1) is 12.5. The molecule has 1 atom stereocenters. The van der Waals surface area contributed by atoms with Crippen LogP contribution in [0.4, 0.5) is 0 Å². The Bertz CT molecular complexity index is 854. The third kappa shape index (κ3) is 4.58. The maximum Gasteiger partial charge on any atom is 0.307 e. The summed E-state index contributed by atoms with van der Waals surface area (Å²) in [6.07, 6.45) is -0.116. The zero-order valence-corrected chi connectivity index (χ0v) is 17.7. The van der Waals surface area contributed by atoms with Gasteiger partial charge in [0.1, 0.15) is 0 Å². The van der Waals surface area contributed by atoms with Gasteiger partial charge in [0.25, 0.3) is 5.78 Å². The number of aliphatic carboxylic acids is 1. The number of amides is 1. The molecule has 9 heteroatoms. The van der Waals surface area contributed by atoms with Gasteiger partial charge in [0, 0.05) is 29.0 Å². The lowest BCUT2D eigenvalue weighted by molar-refractivity contribution is -0.136. The molecule has 0 spiro atoms. The first-order valence-corrected chi connectivity index (χ1v) is 9.84. The number of carbonyl (C=O) groups is 2. The van der Waals surface area contributed by atoms with Crippen molar-refractivity contribution in [3.05, 3.63) is 17.0 Å². The molecular formula is C18H27N5O3S. The van der Waals surface area contributed by atoms with E-state index >= 15 is 0 Å². The Labute approximate surface area is 163 Å². The number of hydrogen-bond acceptors (Lipinski definition) is 6. The van der Waals surface area contributed by atoms with E-state index in [1.807, 2.05) is 39.5 Å². The summed E-state index contributed by atoms with van der Waals surface area (Å²) in [5, 5.41) is 13.6. The number of carboxylic acids is 1. The molecule has 0 unspecified atom stereocenters. The Hall–Kier alpha value is -2.16. The minimum Gasteiger partial charge on any atom is -0.481 e. The fourth-order valence-corrected chi connectivity index (χ4v) is 3.97. The van der Waals surface area contributed by atoms with Crippen LogP contribution in [0.1, 0.15) is 51.6 Å². The van der Waals surface area contributed by atoms with Crippen LogP contribution in [-0.4, -0.2) is 58.8 Å². The fraction of sp³-hybridized carbons (Fsp3) is 0.611. The van der Waals surface area contributed by atoms with Crippen molar-refractivity contribution in [2.75, 3.05) is 0 Å². The van der Waals surface area contributed by atoms with Crippen molar-refractivity contribution in [3.8, 4) is 0 Å². The van der Waals surface area contributed by atoms with Gasteiger partial charge in [-0.05, 0) is 48.5 Å². The predicted octanol–water partition coefficient (Wildman–Crippen LogP) is 2.49. The zero-order valence-electron chi connectivity index (χ0n) is 16.8. The number of aryl methyl sites for hydroxylation is 2. The quantitative estimate of drug-likeness (QED) is 0.721. The molecule has 1 amide bonds. The fourth-order valence-electron chi connectivity index (χ4n) is 3.17. The monoisotopic (exact) mass is 393 g/mol. The van der Waals surface area contributed by atoms with E-state index in [2.05, 4.69) is 15.1 Å². The van der Waals surface area contributed by atoms with Crippen LogP contribution in [0.2, 0.25) is 0 Å². The van der Waals surface area contributed by atoms with Gasteiger partial charge in [-0.25, -0.2) is 9.50 Å². The van der Waals surface area contributed by atoms with Gasteiger partial charge in [-0.15, -0.1) is 5.10 Å². The molecule has 148 valence electrons. The molecule has 2 aromatic rings. The minimum absolute atomic E-state index is 0.0382. The zero-order chi connectivity index (χ0) is 20.5. The van der Waals surface area contributed by atoms with Gasteiger partial charge in [0.2, 0.25) is 11.1 Å². The summed E-state index contributed by atoms with van der Waals surface area (Å²) in [7, 11) is 0. The highest BCUT2D eigenvalue weighted by molar-refractivity contribution is 8.00. The number of carbonyl (C=O) groups excluding carboxylic acids is 1. The Morgan fingerprint density at radius 1 is 1.11 bits per heavy atom. The molecule has 0 aromatic carbocycles. The predicted molar refractivity (Wildman–Crippen MR) is 104 cm³/mol. The molecule has 2 rings (SSSR count). The van der Waals surface area contributed by atoms with Crippen LogP contribution in [-0.2, 0) is 16.0 Å². The highest BCUT2D eigenvalue weighted by atomic mass is 32.2. The molecule has 2 aromatic heterocycles. The summed E-state index contributed by atoms with van der Waals surface area (Å²) < 4.78 is 1.55. The molecule has 27 heavy (non-hydrogen) atoms. The maximum atomic E-state index is 12.8. The number of nitrogens with zero attached hydrogens (tertiary/aromatic N) is 5. The Kier molecular flexibility index (Phi) is 6.46. The SMILES string of the molecule is Cc1nc2nc(S[C@@H](C)C(=O)N(C(C)C)C(C)C)nn2c(C)c1CC(=O)O. The summed E-state index contributed by atoms with van der Waals surface area (Å²) in [4.78, 5) is 34.5. The first kappa shape index (κ1) is 21.1. The van der Waals surface area contributed by atoms with Gasteiger partial charge in [0.15, 0.2) is 0 Å². The van der Waals surface area contributed by atoms with E-state index in [0.717, 1.165) is 0 Å². The van der Waals surface area contributed by atoms with Gasteiger partial charge in [-0.2, -0.15) is 4.98 Å². The summed E-state index contributed by atoms with van der Waals surface area (Å²) in [6, 6.07) is 0.222. The van der Waals surface area contributed by atoms with Crippen molar-refractivity contribution in [2.45, 2.75) is 77.4 Å². The van der Waals surface area contributed by atoms with E-state index in [9.17, 15) is 9.59 Å². The first-order valence-electron chi connectivity index (χ1n) is 8.96. The van der Waals surface area contributed by atoms with E-state index in [0.29, 0.717) is 27.9 Å². The van der Waals surface area contributed by atoms with Crippen LogP contribution in [0.3, 0.4) is 0 Å². The van der Waals surface area contributed by atoms with Crippen LogP contribution in [0.25, 0.3) is 5.78 Å². The van der Waals surface area contributed by atoms with Crippen molar-refractivity contribution in [1.82, 2.24) is 24.5 Å². The van der Waals surface area contributed by atoms with E-state index in [1.54, 1.807) is 18.4 Å². The van der Waals surface area contributed by atoms with Crippen LogP contribution in [0, 0.1) is 13.8 Å². The lowest BCUT2D eigenvalue weighted by Crippen LogP contribution is -2.45. The molecule has 0 saturated carbocycles. The lowest BCUT2D eigenvalue weighted by Gasteiger charge is -2.32. The molecule has 8 nitrogen and oxygen atoms in total. The third-order valence-corrected chi connectivity index (χ3v) is 5.29. The van der Waals surface area contributed by atoms with E-state index in [4.69, 9.17) is 5.11 Å². The molecule has 1 N–H and O–H groups in total. The topological polar surface area (TPSA) is 101 Å². The standard InChI is InChI=1S/C18H27N5O3S/c1-9(2)22(10(3)4)16(26)13(7)27-18-20-17-19-11(5)14(8-15(24)25)12(6)23(17)21-18/h9-10,13H,8H2,1-7H3,(H,24,25)/t13-/m0/s1. The average molecular weight is 394 g/mol. The highest BCUT2D eigenvalue weighted by Crippen LogP contribution is 2.24. The second kappa shape index (κ2) is 8.24. The number of hydrogen-bond donors (Lipinski definition) is 1. The second-order valence-electron chi connectivity index (χ2n) is 7.13. The third-order valence-electron chi connectivity index (χ3n) is 4.35. The van der Waals surface area contributed by atoms with Crippen LogP contribution in [0.5, 0.6) is 0 Å². The van der Waals surface area contributed by atoms with Gasteiger partial charge in [0.05, 0.1) is 11.7 Å². The molecule has 0 aliphatic carbocycles. The van der Waals surface area contributed by atoms with Gasteiger partial charge in [-0.1, -0.05) is 11.8 Å². The highest BCUT2D eigenvalue weighted by Gasteiger charge is 2.27. The van der Waals surface area contributed by atoms with Gasteiger partial charge in [-0.3, -0.25) is 9.59 Å². The second-order valence-corrected chi connectivity index (χ2v) is 8.44. The normalized spacial score (nSPS) is 12.8. The van der Waals surface area contributed by atoms with Crippen LogP contribution < -0.4 is 0 Å². The van der Waals surface area contributed by atoms with Crippen LogP contribution in [0.15, 0.2) is 5.16 Å². The van der Waals surface area contributed by atoms with E-state index in [1.165, 1.54) is 11.8 Å². The maximum absolute atomic E-state index is 12.8. The average Bonchev–Trinajstić information content (AvgIpc) is 2.92. The van der Waals surface area contributed by atoms with Crippen LogP contribution >= 0.6 is 11.8 Å². The Balaban J connectivity index is 2.31. The molecular weight excluding hydrogens is 366 g/mol. The van der Waals surface area contributed by atoms with Crippen molar-refractivity contribution in [2.24, 2.45) is 0 Å². The van der Waals surface area contributed by atoms with E-state index < -0.39 is 5.97 Å². The number of fused-ring (bicyclic) bond motifs is 1. The minimum atomic E-state index is -0.918. The molecule has 0 aliphatic rings. The Morgan fingerprint density at radius 3 is 2.22 bits per heavy atom. The summed E-state index contributed by atoms with van der Waals surface area (Å²) in [6.45, 7) is 13.4. The molecule has 0 aliphatic heterocycles.